The maximum absolute atomic E-state index is 13.4. The zero-order valence-electron chi connectivity index (χ0n) is 16.6. The zero-order chi connectivity index (χ0) is 23.3. The van der Waals surface area contributed by atoms with Gasteiger partial charge in [-0.25, -0.2) is 9.59 Å². The van der Waals surface area contributed by atoms with Gasteiger partial charge in [0.1, 0.15) is 18.5 Å². The maximum Gasteiger partial charge on any atom is 0.511 e. The highest BCUT2D eigenvalue weighted by atomic mass is 19.4. The third-order valence-corrected chi connectivity index (χ3v) is 3.89. The fourth-order valence-corrected chi connectivity index (χ4v) is 2.70. The van der Waals surface area contributed by atoms with Gasteiger partial charge in [0, 0.05) is 5.56 Å². The van der Waals surface area contributed by atoms with Crippen molar-refractivity contribution >= 4 is 18.2 Å². The molecule has 0 saturated heterocycles. The van der Waals surface area contributed by atoms with Crippen molar-refractivity contribution in [1.82, 2.24) is 0 Å². The number of benzene rings is 1. The Morgan fingerprint density at radius 2 is 1.94 bits per heavy atom. The minimum Gasteiger partial charge on any atom is -0.475 e. The first-order chi connectivity index (χ1) is 14.4. The lowest BCUT2D eigenvalue weighted by Gasteiger charge is -2.29. The average molecular weight is 449 g/mol. The molecule has 13 heteroatoms. The second-order valence-electron chi connectivity index (χ2n) is 6.53. The van der Waals surface area contributed by atoms with Gasteiger partial charge in [-0.05, 0) is 38.5 Å². The van der Waals surface area contributed by atoms with Crippen molar-refractivity contribution in [1.29, 1.82) is 0 Å². The summed E-state index contributed by atoms with van der Waals surface area (Å²) in [5.41, 5.74) is 0.657. The Balaban J connectivity index is 2.04. The second-order valence-corrected chi connectivity index (χ2v) is 6.53. The molecule has 1 aliphatic heterocycles. The van der Waals surface area contributed by atoms with E-state index in [1.807, 2.05) is 0 Å². The summed E-state index contributed by atoms with van der Waals surface area (Å²) in [4.78, 5) is 37.7. The van der Waals surface area contributed by atoms with Crippen LogP contribution in [0.2, 0.25) is 0 Å². The van der Waals surface area contributed by atoms with E-state index in [0.717, 1.165) is 11.6 Å². The lowest BCUT2D eigenvalue weighted by molar-refractivity contribution is -0.759. The number of halogens is 3. The predicted octanol–water partition coefficient (Wildman–Crippen LogP) is 3.26. The summed E-state index contributed by atoms with van der Waals surface area (Å²) in [7, 11) is 0. The molecule has 1 aromatic rings. The molecule has 0 radical (unpaired) electrons. The molecule has 10 nitrogen and oxygen atoms in total. The highest BCUT2D eigenvalue weighted by Gasteiger charge is 2.49. The fourth-order valence-electron chi connectivity index (χ4n) is 2.70. The number of hydrogen-bond donors (Lipinski definition) is 0. The van der Waals surface area contributed by atoms with Gasteiger partial charge in [0.2, 0.25) is 12.9 Å². The lowest BCUT2D eigenvalue weighted by atomic mass is 9.97. The number of alkyl halides is 3. The first-order valence-electron chi connectivity index (χ1n) is 8.72. The molecule has 2 atom stereocenters. The Kier molecular flexibility index (Phi) is 7.31. The van der Waals surface area contributed by atoms with Gasteiger partial charge >= 0.3 is 18.3 Å². The Morgan fingerprint density at radius 1 is 1.26 bits per heavy atom. The van der Waals surface area contributed by atoms with E-state index < -0.39 is 54.6 Å². The van der Waals surface area contributed by atoms with Crippen molar-refractivity contribution in [3.63, 3.8) is 0 Å². The first-order valence-corrected chi connectivity index (χ1v) is 8.72. The second kappa shape index (κ2) is 9.53. The van der Waals surface area contributed by atoms with Gasteiger partial charge in [0.25, 0.3) is 5.09 Å². The summed E-state index contributed by atoms with van der Waals surface area (Å²) in [5.74, 6) is -1.42. The Labute approximate surface area is 173 Å². The van der Waals surface area contributed by atoms with Crippen LogP contribution in [0.3, 0.4) is 0 Å². The number of rotatable bonds is 7. The lowest BCUT2D eigenvalue weighted by Crippen LogP contribution is -2.41. The summed E-state index contributed by atoms with van der Waals surface area (Å²) >= 11 is 0. The summed E-state index contributed by atoms with van der Waals surface area (Å²) in [5, 5.41) is 8.96. The number of ether oxygens (including phenoxy) is 4. The van der Waals surface area contributed by atoms with Crippen LogP contribution in [-0.2, 0) is 23.8 Å². The van der Waals surface area contributed by atoms with E-state index in [1.54, 1.807) is 26.0 Å². The van der Waals surface area contributed by atoms with Gasteiger partial charge in [0.05, 0.1) is 5.57 Å². The monoisotopic (exact) mass is 449 g/mol. The van der Waals surface area contributed by atoms with Crippen LogP contribution in [0.15, 0.2) is 17.7 Å². The van der Waals surface area contributed by atoms with Crippen molar-refractivity contribution in [3.05, 3.63) is 44.5 Å². The van der Waals surface area contributed by atoms with Gasteiger partial charge < -0.3 is 23.8 Å². The van der Waals surface area contributed by atoms with E-state index in [0.29, 0.717) is 5.56 Å². The van der Waals surface area contributed by atoms with Crippen LogP contribution in [0.1, 0.15) is 23.6 Å². The molecule has 1 aromatic carbocycles. The average Bonchev–Trinajstić information content (AvgIpc) is 2.64. The van der Waals surface area contributed by atoms with Gasteiger partial charge in [-0.2, -0.15) is 13.2 Å². The molecule has 0 aliphatic carbocycles. The van der Waals surface area contributed by atoms with E-state index in [1.165, 1.54) is 6.92 Å². The molecule has 2 rings (SSSR count). The zero-order valence-corrected chi connectivity index (χ0v) is 16.6. The first kappa shape index (κ1) is 23.8. The van der Waals surface area contributed by atoms with Crippen molar-refractivity contribution in [2.45, 2.75) is 39.2 Å². The van der Waals surface area contributed by atoms with Crippen molar-refractivity contribution < 1.29 is 51.6 Å². The Hall–Kier alpha value is -3.51. The summed E-state index contributed by atoms with van der Waals surface area (Å²) in [6, 6.07) is 3.19. The number of hydrogen-bond acceptors (Lipinski definition) is 9. The van der Waals surface area contributed by atoms with Crippen LogP contribution in [0.25, 0.3) is 6.08 Å². The molecule has 0 fully saturated rings. The SMILES string of the molecule is Cc1cc(C)c2c(c1)C=C(C(=O)OCOC(=O)O[C@@H](C)CO[N+](=O)[O-])C(C(F)(F)F)O2. The van der Waals surface area contributed by atoms with Crippen LogP contribution >= 0.6 is 0 Å². The molecule has 1 aliphatic rings. The molecule has 170 valence electrons. The van der Waals surface area contributed by atoms with E-state index in [9.17, 15) is 32.9 Å². The largest absolute Gasteiger partial charge is 0.511 e. The van der Waals surface area contributed by atoms with Crippen LogP contribution in [0.4, 0.5) is 18.0 Å². The molecule has 0 bridgehead atoms. The normalized spacial score (nSPS) is 16.2. The molecule has 31 heavy (non-hydrogen) atoms. The predicted molar refractivity (Wildman–Crippen MR) is 95.3 cm³/mol. The van der Waals surface area contributed by atoms with E-state index >= 15 is 0 Å². The highest BCUT2D eigenvalue weighted by molar-refractivity contribution is 5.96. The number of nitrogens with zero attached hydrogens (tertiary/aromatic N) is 1. The molecule has 0 spiro atoms. The molecule has 0 saturated carbocycles. The van der Waals surface area contributed by atoms with E-state index in [2.05, 4.69) is 19.0 Å². The van der Waals surface area contributed by atoms with Crippen LogP contribution in [-0.4, -0.2) is 49.0 Å². The van der Waals surface area contributed by atoms with Gasteiger partial charge in [-0.1, -0.05) is 11.6 Å². The van der Waals surface area contributed by atoms with Crippen LogP contribution < -0.4 is 4.74 Å². The molecule has 0 aromatic heterocycles. The number of aryl methyl sites for hydroxylation is 2. The molecular weight excluding hydrogens is 431 g/mol. The van der Waals surface area contributed by atoms with Gasteiger partial charge in [-0.3, -0.25) is 0 Å². The number of carbonyl (C=O) groups is 2. The van der Waals surface area contributed by atoms with Crippen LogP contribution in [0, 0.1) is 24.0 Å². The third-order valence-electron chi connectivity index (χ3n) is 3.89. The number of esters is 1. The Morgan fingerprint density at radius 3 is 2.55 bits per heavy atom. The molecule has 0 N–H and O–H groups in total. The minimum absolute atomic E-state index is 0.00441. The van der Waals surface area contributed by atoms with Crippen molar-refractivity contribution in [2.75, 3.05) is 13.4 Å². The molecule has 1 heterocycles. The minimum atomic E-state index is -4.91. The van der Waals surface area contributed by atoms with Gasteiger partial charge in [0.15, 0.2) is 0 Å². The molecular formula is C18H18F3NO9. The van der Waals surface area contributed by atoms with E-state index in [-0.39, 0.29) is 11.3 Å². The molecule has 0 amide bonds. The van der Waals surface area contributed by atoms with Gasteiger partial charge in [-0.15, -0.1) is 10.1 Å². The van der Waals surface area contributed by atoms with Crippen molar-refractivity contribution in [3.8, 4) is 5.75 Å². The third kappa shape index (κ3) is 6.49. The topological polar surface area (TPSA) is 123 Å². The maximum atomic E-state index is 13.4. The van der Waals surface area contributed by atoms with Crippen molar-refractivity contribution in [2.24, 2.45) is 0 Å². The Bertz CT molecular complexity index is 898. The summed E-state index contributed by atoms with van der Waals surface area (Å²) < 4.78 is 59.0. The summed E-state index contributed by atoms with van der Waals surface area (Å²) in [6.45, 7) is 2.94. The molecule has 1 unspecified atom stereocenters. The summed E-state index contributed by atoms with van der Waals surface area (Å²) in [6.07, 6.45) is -8.91. The quantitative estimate of drug-likeness (QED) is 0.267. The smallest absolute Gasteiger partial charge is 0.475 e. The highest BCUT2D eigenvalue weighted by Crippen LogP contribution is 2.39. The standard InChI is InChI=1S/C18H18F3NO9/c1-9-4-10(2)14-12(5-9)6-13(15(31-14)18(19,20)21)16(23)27-8-28-17(24)30-11(3)7-29-22(25)26/h4-6,11,15H,7-8H2,1-3H3/t11-,15?/m0/s1. The number of fused-ring (bicyclic) bond motifs is 1. The fraction of sp³-hybridized carbons (Fsp3) is 0.444. The van der Waals surface area contributed by atoms with E-state index in [4.69, 9.17) is 4.74 Å². The van der Waals surface area contributed by atoms with Crippen LogP contribution in [0.5, 0.6) is 5.75 Å². The number of carbonyl (C=O) groups excluding carboxylic acids is 2.